The molecule has 0 aliphatic rings. The highest BCUT2D eigenvalue weighted by atomic mass is 14.9. The minimum atomic E-state index is 0.751. The molecule has 0 aromatic rings. The molecule has 0 aromatic carbocycles. The standard InChI is InChI=1S/C15H33N/c1-5-8-9-10-11-12-13-15(16-7-3)14(4)6-2/h14-16H,5-13H2,1-4H3. The Morgan fingerprint density at radius 3 is 2.06 bits per heavy atom. The van der Waals surface area contributed by atoms with Crippen molar-refractivity contribution in [2.75, 3.05) is 6.54 Å². The summed E-state index contributed by atoms with van der Waals surface area (Å²) < 4.78 is 0. The van der Waals surface area contributed by atoms with E-state index in [9.17, 15) is 0 Å². The van der Waals surface area contributed by atoms with Crippen molar-refractivity contribution in [2.24, 2.45) is 5.92 Å². The normalized spacial score (nSPS) is 15.0. The fourth-order valence-electron chi connectivity index (χ4n) is 2.28. The van der Waals surface area contributed by atoms with Crippen molar-refractivity contribution < 1.29 is 0 Å². The molecule has 0 saturated carbocycles. The molecule has 2 atom stereocenters. The van der Waals surface area contributed by atoms with Gasteiger partial charge in [0.25, 0.3) is 0 Å². The van der Waals surface area contributed by atoms with Crippen molar-refractivity contribution in [1.29, 1.82) is 0 Å². The molecule has 0 bridgehead atoms. The average molecular weight is 227 g/mol. The van der Waals surface area contributed by atoms with Crippen LogP contribution in [0.1, 0.15) is 79.1 Å². The second-order valence-corrected chi connectivity index (χ2v) is 5.11. The molecule has 0 aliphatic heterocycles. The first-order valence-electron chi connectivity index (χ1n) is 7.49. The number of nitrogens with one attached hydrogen (secondary N) is 1. The molecule has 1 N–H and O–H groups in total. The summed E-state index contributed by atoms with van der Waals surface area (Å²) >= 11 is 0. The van der Waals surface area contributed by atoms with Crippen LogP contribution in [-0.2, 0) is 0 Å². The van der Waals surface area contributed by atoms with Crippen molar-refractivity contribution in [3.05, 3.63) is 0 Å². The van der Waals surface area contributed by atoms with Gasteiger partial charge in [-0.3, -0.25) is 0 Å². The maximum atomic E-state index is 3.64. The zero-order valence-electron chi connectivity index (χ0n) is 12.0. The van der Waals surface area contributed by atoms with Crippen LogP contribution in [0, 0.1) is 5.92 Å². The lowest BCUT2D eigenvalue weighted by atomic mass is 9.94. The summed E-state index contributed by atoms with van der Waals surface area (Å²) in [5, 5.41) is 3.64. The van der Waals surface area contributed by atoms with Crippen LogP contribution in [0.5, 0.6) is 0 Å². The zero-order chi connectivity index (χ0) is 12.2. The van der Waals surface area contributed by atoms with Gasteiger partial charge in [0.1, 0.15) is 0 Å². The second kappa shape index (κ2) is 11.4. The Kier molecular flexibility index (Phi) is 11.4. The molecule has 0 heterocycles. The lowest BCUT2D eigenvalue weighted by Gasteiger charge is -2.23. The molecule has 0 rings (SSSR count). The van der Waals surface area contributed by atoms with Crippen LogP contribution in [0.15, 0.2) is 0 Å². The molecule has 16 heavy (non-hydrogen) atoms. The van der Waals surface area contributed by atoms with Gasteiger partial charge in [-0.2, -0.15) is 0 Å². The SMILES string of the molecule is CCCCCCCCC(NCC)C(C)CC. The van der Waals surface area contributed by atoms with Crippen LogP contribution in [0.4, 0.5) is 0 Å². The Morgan fingerprint density at radius 1 is 0.875 bits per heavy atom. The van der Waals surface area contributed by atoms with Gasteiger partial charge in [-0.25, -0.2) is 0 Å². The van der Waals surface area contributed by atoms with E-state index in [-0.39, 0.29) is 0 Å². The van der Waals surface area contributed by atoms with Gasteiger partial charge >= 0.3 is 0 Å². The number of hydrogen-bond donors (Lipinski definition) is 1. The van der Waals surface area contributed by atoms with Crippen molar-refractivity contribution in [1.82, 2.24) is 5.32 Å². The maximum Gasteiger partial charge on any atom is 0.00924 e. The average Bonchev–Trinajstić information content (AvgIpc) is 2.31. The molecule has 0 amide bonds. The van der Waals surface area contributed by atoms with Gasteiger partial charge < -0.3 is 5.32 Å². The Labute approximate surface area is 103 Å². The lowest BCUT2D eigenvalue weighted by Crippen LogP contribution is -2.34. The van der Waals surface area contributed by atoms with E-state index in [1.165, 1.54) is 51.4 Å². The van der Waals surface area contributed by atoms with Crippen molar-refractivity contribution >= 4 is 0 Å². The highest BCUT2D eigenvalue weighted by molar-refractivity contribution is 4.71. The first kappa shape index (κ1) is 16.0. The third-order valence-electron chi connectivity index (χ3n) is 3.67. The van der Waals surface area contributed by atoms with E-state index in [0.717, 1.165) is 18.5 Å². The van der Waals surface area contributed by atoms with Gasteiger partial charge in [0.15, 0.2) is 0 Å². The highest BCUT2D eigenvalue weighted by Crippen LogP contribution is 2.15. The third kappa shape index (κ3) is 8.15. The minimum Gasteiger partial charge on any atom is -0.314 e. The topological polar surface area (TPSA) is 12.0 Å². The minimum absolute atomic E-state index is 0.751. The molecular weight excluding hydrogens is 194 g/mol. The number of hydrogen-bond acceptors (Lipinski definition) is 1. The van der Waals surface area contributed by atoms with Gasteiger partial charge in [0, 0.05) is 6.04 Å². The second-order valence-electron chi connectivity index (χ2n) is 5.11. The molecule has 98 valence electrons. The Hall–Kier alpha value is -0.0400. The summed E-state index contributed by atoms with van der Waals surface area (Å²) in [4.78, 5) is 0. The molecule has 0 saturated heterocycles. The van der Waals surface area contributed by atoms with Crippen molar-refractivity contribution in [2.45, 2.75) is 85.1 Å². The molecule has 0 spiro atoms. The summed E-state index contributed by atoms with van der Waals surface area (Å²) in [6, 6.07) is 0.751. The largest absolute Gasteiger partial charge is 0.314 e. The van der Waals surface area contributed by atoms with Gasteiger partial charge in [-0.1, -0.05) is 72.6 Å². The Balaban J connectivity index is 3.52. The zero-order valence-corrected chi connectivity index (χ0v) is 12.0. The number of rotatable bonds is 11. The predicted molar refractivity (Wildman–Crippen MR) is 74.9 cm³/mol. The van der Waals surface area contributed by atoms with Gasteiger partial charge in [0.05, 0.1) is 0 Å². The third-order valence-corrected chi connectivity index (χ3v) is 3.67. The first-order valence-corrected chi connectivity index (χ1v) is 7.49. The Bertz CT molecular complexity index is 133. The van der Waals surface area contributed by atoms with Crippen molar-refractivity contribution in [3.8, 4) is 0 Å². The van der Waals surface area contributed by atoms with Crippen molar-refractivity contribution in [3.63, 3.8) is 0 Å². The Morgan fingerprint density at radius 2 is 1.50 bits per heavy atom. The molecule has 0 radical (unpaired) electrons. The van der Waals surface area contributed by atoms with Gasteiger partial charge in [0.2, 0.25) is 0 Å². The monoisotopic (exact) mass is 227 g/mol. The summed E-state index contributed by atoms with van der Waals surface area (Å²) in [6.45, 7) is 10.3. The molecule has 2 unspecified atom stereocenters. The van der Waals surface area contributed by atoms with E-state index >= 15 is 0 Å². The summed E-state index contributed by atoms with van der Waals surface area (Å²) in [6.07, 6.45) is 11.2. The number of unbranched alkanes of at least 4 members (excludes halogenated alkanes) is 5. The molecular formula is C15H33N. The van der Waals surface area contributed by atoms with Crippen LogP contribution >= 0.6 is 0 Å². The van der Waals surface area contributed by atoms with Gasteiger partial charge in [-0.15, -0.1) is 0 Å². The van der Waals surface area contributed by atoms with E-state index < -0.39 is 0 Å². The van der Waals surface area contributed by atoms with E-state index in [1.807, 2.05) is 0 Å². The van der Waals surface area contributed by atoms with Gasteiger partial charge in [-0.05, 0) is 18.9 Å². The molecule has 0 aliphatic carbocycles. The van der Waals surface area contributed by atoms with E-state index in [0.29, 0.717) is 0 Å². The van der Waals surface area contributed by atoms with Crippen LogP contribution in [0.2, 0.25) is 0 Å². The van der Waals surface area contributed by atoms with E-state index in [2.05, 4.69) is 33.0 Å². The van der Waals surface area contributed by atoms with Crippen LogP contribution in [0.3, 0.4) is 0 Å². The maximum absolute atomic E-state index is 3.64. The first-order chi connectivity index (χ1) is 7.76. The lowest BCUT2D eigenvalue weighted by molar-refractivity contribution is 0.343. The quantitative estimate of drug-likeness (QED) is 0.502. The fourth-order valence-corrected chi connectivity index (χ4v) is 2.28. The predicted octanol–water partition coefficient (Wildman–Crippen LogP) is 4.76. The van der Waals surface area contributed by atoms with Crippen LogP contribution in [0.25, 0.3) is 0 Å². The van der Waals surface area contributed by atoms with E-state index in [4.69, 9.17) is 0 Å². The molecule has 0 aromatic heterocycles. The highest BCUT2D eigenvalue weighted by Gasteiger charge is 2.13. The van der Waals surface area contributed by atoms with Crippen LogP contribution < -0.4 is 5.32 Å². The summed E-state index contributed by atoms with van der Waals surface area (Å²) in [5.41, 5.74) is 0. The molecule has 1 nitrogen and oxygen atoms in total. The van der Waals surface area contributed by atoms with Crippen LogP contribution in [-0.4, -0.2) is 12.6 Å². The molecule has 1 heteroatoms. The molecule has 0 fully saturated rings. The smallest absolute Gasteiger partial charge is 0.00924 e. The fraction of sp³-hybridized carbons (Fsp3) is 1.00. The summed E-state index contributed by atoms with van der Waals surface area (Å²) in [7, 11) is 0. The van der Waals surface area contributed by atoms with E-state index in [1.54, 1.807) is 0 Å². The summed E-state index contributed by atoms with van der Waals surface area (Å²) in [5.74, 6) is 0.829.